The highest BCUT2D eigenvalue weighted by Crippen LogP contribution is 2.34. The van der Waals surface area contributed by atoms with E-state index in [0.29, 0.717) is 24.9 Å². The molecule has 1 aromatic carbocycles. The molecule has 4 amide bonds. The van der Waals surface area contributed by atoms with Crippen LogP contribution in [0.15, 0.2) is 42.1 Å². The van der Waals surface area contributed by atoms with Gasteiger partial charge in [0.1, 0.15) is 11.7 Å². The number of carbonyl (C=O) groups is 4. The number of nitrogens with zero attached hydrogens (tertiary/aromatic N) is 2. The Hall–Kier alpha value is -3.81. The molecule has 1 aromatic heterocycles. The van der Waals surface area contributed by atoms with E-state index in [2.05, 4.69) is 10.3 Å². The van der Waals surface area contributed by atoms with Crippen LogP contribution in [0.1, 0.15) is 64.2 Å². The molecule has 0 bridgehead atoms. The van der Waals surface area contributed by atoms with E-state index in [1.807, 2.05) is 32.0 Å². The molecule has 0 aliphatic carbocycles. The lowest BCUT2D eigenvalue weighted by Crippen LogP contribution is -2.52. The van der Waals surface area contributed by atoms with Gasteiger partial charge in [0.05, 0.1) is 0 Å². The Morgan fingerprint density at radius 3 is 2.69 bits per heavy atom. The third-order valence-corrected chi connectivity index (χ3v) is 6.21. The number of rotatable bonds is 5. The number of primary amides is 1. The number of nitrogens with two attached hydrogens (primary N) is 1. The lowest BCUT2D eigenvalue weighted by molar-refractivity contribution is -0.136. The summed E-state index contributed by atoms with van der Waals surface area (Å²) in [5.74, 6) is -1.51. The number of pyridine rings is 1. The second-order valence-electron chi connectivity index (χ2n) is 8.19. The summed E-state index contributed by atoms with van der Waals surface area (Å²) in [6.45, 7) is 4.26. The molecule has 164 valence electrons. The molecule has 8 nitrogen and oxygen atoms in total. The van der Waals surface area contributed by atoms with Gasteiger partial charge in [-0.05, 0) is 61.1 Å². The van der Waals surface area contributed by atoms with E-state index in [-0.39, 0.29) is 23.9 Å². The Morgan fingerprint density at radius 2 is 1.97 bits per heavy atom. The van der Waals surface area contributed by atoms with E-state index >= 15 is 0 Å². The van der Waals surface area contributed by atoms with Gasteiger partial charge in [0.15, 0.2) is 0 Å². The van der Waals surface area contributed by atoms with Gasteiger partial charge >= 0.3 is 0 Å². The second kappa shape index (κ2) is 8.37. The van der Waals surface area contributed by atoms with Crippen LogP contribution in [0, 0.1) is 0 Å². The number of hydrogen-bond donors (Lipinski definition) is 2. The first kappa shape index (κ1) is 21.4. The fourth-order valence-corrected chi connectivity index (χ4v) is 4.39. The van der Waals surface area contributed by atoms with Gasteiger partial charge in [-0.1, -0.05) is 23.8 Å². The number of benzene rings is 1. The highest BCUT2D eigenvalue weighted by Gasteiger charge is 2.39. The first-order valence-corrected chi connectivity index (χ1v) is 10.4. The SMILES string of the molecule is CC(Cc1cccnc1C(N)=O)=C(C)c1cccc2c1CN(C1CCC(=O)NC1=O)C2=O. The zero-order chi connectivity index (χ0) is 23.0. The summed E-state index contributed by atoms with van der Waals surface area (Å²) in [5, 5.41) is 2.33. The summed E-state index contributed by atoms with van der Waals surface area (Å²) >= 11 is 0. The van der Waals surface area contributed by atoms with Gasteiger partial charge in [0.2, 0.25) is 11.8 Å². The molecular weight excluding hydrogens is 408 g/mol. The van der Waals surface area contributed by atoms with Crippen molar-refractivity contribution in [1.82, 2.24) is 15.2 Å². The van der Waals surface area contributed by atoms with Crippen molar-refractivity contribution in [3.63, 3.8) is 0 Å². The second-order valence-corrected chi connectivity index (χ2v) is 8.19. The number of hydrogen-bond acceptors (Lipinski definition) is 5. The summed E-state index contributed by atoms with van der Waals surface area (Å²) in [4.78, 5) is 54.2. The van der Waals surface area contributed by atoms with Crippen molar-refractivity contribution in [2.24, 2.45) is 5.73 Å². The smallest absolute Gasteiger partial charge is 0.267 e. The molecule has 0 radical (unpaired) electrons. The molecule has 0 spiro atoms. The fraction of sp³-hybridized carbons (Fsp3) is 0.292. The Labute approximate surface area is 185 Å². The minimum atomic E-state index is -0.653. The summed E-state index contributed by atoms with van der Waals surface area (Å²) in [6, 6.07) is 8.49. The normalized spacial score (nSPS) is 18.9. The molecule has 2 aliphatic rings. The van der Waals surface area contributed by atoms with Gasteiger partial charge in [-0.25, -0.2) is 0 Å². The largest absolute Gasteiger partial charge is 0.364 e. The average molecular weight is 432 g/mol. The third-order valence-electron chi connectivity index (χ3n) is 6.21. The van der Waals surface area contributed by atoms with E-state index in [4.69, 9.17) is 5.73 Å². The van der Waals surface area contributed by atoms with E-state index in [1.165, 1.54) is 6.20 Å². The summed E-state index contributed by atoms with van der Waals surface area (Å²) in [7, 11) is 0. The van der Waals surface area contributed by atoms with Crippen LogP contribution in [0.4, 0.5) is 0 Å². The molecular formula is C24H24N4O4. The van der Waals surface area contributed by atoms with Gasteiger partial charge < -0.3 is 10.6 Å². The molecule has 4 rings (SSSR count). The molecule has 0 saturated carbocycles. The van der Waals surface area contributed by atoms with Gasteiger partial charge in [-0.15, -0.1) is 0 Å². The minimum absolute atomic E-state index is 0.204. The zero-order valence-corrected chi connectivity index (χ0v) is 18.0. The number of imide groups is 1. The van der Waals surface area contributed by atoms with E-state index in [1.54, 1.807) is 17.0 Å². The number of piperidine rings is 1. The van der Waals surface area contributed by atoms with Crippen molar-refractivity contribution < 1.29 is 19.2 Å². The maximum Gasteiger partial charge on any atom is 0.267 e. The lowest BCUT2D eigenvalue weighted by Gasteiger charge is -2.29. The summed E-state index contributed by atoms with van der Waals surface area (Å²) in [6.07, 6.45) is 2.57. The topological polar surface area (TPSA) is 122 Å². The number of allylic oxidation sites excluding steroid dienone is 2. The number of nitrogens with one attached hydrogen (secondary N) is 1. The molecule has 1 unspecified atom stereocenters. The van der Waals surface area contributed by atoms with Gasteiger partial charge in [0.25, 0.3) is 11.8 Å². The molecule has 32 heavy (non-hydrogen) atoms. The van der Waals surface area contributed by atoms with Gasteiger partial charge in [-0.2, -0.15) is 0 Å². The summed E-state index contributed by atoms with van der Waals surface area (Å²) < 4.78 is 0. The molecule has 3 N–H and O–H groups in total. The molecule has 2 aromatic rings. The Kier molecular flexibility index (Phi) is 5.61. The molecule has 2 aliphatic heterocycles. The highest BCUT2D eigenvalue weighted by molar-refractivity contribution is 6.06. The van der Waals surface area contributed by atoms with E-state index in [9.17, 15) is 19.2 Å². The predicted octanol–water partition coefficient (Wildman–Crippen LogP) is 1.98. The van der Waals surface area contributed by atoms with Crippen molar-refractivity contribution in [3.05, 3.63) is 70.0 Å². The maximum absolute atomic E-state index is 13.1. The Morgan fingerprint density at radius 1 is 1.19 bits per heavy atom. The third kappa shape index (κ3) is 3.79. The molecule has 3 heterocycles. The molecule has 1 atom stereocenters. The number of fused-ring (bicyclic) bond motifs is 1. The van der Waals surface area contributed by atoms with Crippen molar-refractivity contribution in [1.29, 1.82) is 0 Å². The first-order valence-electron chi connectivity index (χ1n) is 10.4. The van der Waals surface area contributed by atoms with Crippen LogP contribution in [0.25, 0.3) is 5.57 Å². The van der Waals surface area contributed by atoms with Crippen molar-refractivity contribution in [2.75, 3.05) is 0 Å². The average Bonchev–Trinajstić information content (AvgIpc) is 3.10. The van der Waals surface area contributed by atoms with Crippen LogP contribution >= 0.6 is 0 Å². The van der Waals surface area contributed by atoms with Crippen LogP contribution in [0.3, 0.4) is 0 Å². The lowest BCUT2D eigenvalue weighted by atomic mass is 9.92. The van der Waals surface area contributed by atoms with Crippen molar-refractivity contribution in [2.45, 2.75) is 45.7 Å². The fourth-order valence-electron chi connectivity index (χ4n) is 4.39. The van der Waals surface area contributed by atoms with Gasteiger partial charge in [0, 0.05) is 24.7 Å². The van der Waals surface area contributed by atoms with Crippen LogP contribution in [0.2, 0.25) is 0 Å². The molecule has 8 heteroatoms. The van der Waals surface area contributed by atoms with Crippen LogP contribution in [0.5, 0.6) is 0 Å². The number of carbonyl (C=O) groups excluding carboxylic acids is 4. The van der Waals surface area contributed by atoms with Gasteiger partial charge in [-0.3, -0.25) is 29.5 Å². The first-order chi connectivity index (χ1) is 15.3. The maximum atomic E-state index is 13.1. The summed E-state index contributed by atoms with van der Waals surface area (Å²) in [5.41, 5.74) is 10.8. The minimum Gasteiger partial charge on any atom is -0.364 e. The van der Waals surface area contributed by atoms with Crippen LogP contribution in [-0.2, 0) is 22.6 Å². The highest BCUT2D eigenvalue weighted by atomic mass is 16.2. The van der Waals surface area contributed by atoms with Crippen LogP contribution < -0.4 is 11.1 Å². The number of aromatic nitrogens is 1. The Balaban J connectivity index is 1.65. The van der Waals surface area contributed by atoms with Crippen molar-refractivity contribution in [3.8, 4) is 0 Å². The predicted molar refractivity (Wildman–Crippen MR) is 117 cm³/mol. The quantitative estimate of drug-likeness (QED) is 0.700. The molecule has 1 fully saturated rings. The van der Waals surface area contributed by atoms with Crippen molar-refractivity contribution >= 4 is 29.2 Å². The monoisotopic (exact) mass is 432 g/mol. The standard InChI is InChI=1S/C24H24N4O4/c1-13(11-15-5-4-10-26-21(15)22(25)30)14(2)16-6-3-7-17-18(16)12-28(24(17)32)19-8-9-20(29)27-23(19)31/h3-7,10,19H,8-9,11-12H2,1-2H3,(H2,25,30)(H,27,29,31). The van der Waals surface area contributed by atoms with E-state index in [0.717, 1.165) is 27.8 Å². The Bertz CT molecular complexity index is 1180. The number of amides is 4. The van der Waals surface area contributed by atoms with Crippen LogP contribution in [-0.4, -0.2) is 39.6 Å². The van der Waals surface area contributed by atoms with E-state index < -0.39 is 17.9 Å². The zero-order valence-electron chi connectivity index (χ0n) is 18.0. The molecule has 1 saturated heterocycles.